The predicted molar refractivity (Wildman–Crippen MR) is 69.4 cm³/mol. The van der Waals surface area contributed by atoms with Gasteiger partial charge in [-0.3, -0.25) is 0 Å². The molecule has 1 saturated carbocycles. The Kier molecular flexibility index (Phi) is 4.54. The third-order valence-electron chi connectivity index (χ3n) is 3.57. The number of benzene rings is 1. The average Bonchev–Trinajstić information content (AvgIpc) is 2.39. The molecule has 4 N–H and O–H groups in total. The Hall–Kier alpha value is -0.900. The average molecular weight is 234 g/mol. The summed E-state index contributed by atoms with van der Waals surface area (Å²) in [4.78, 5) is 0. The van der Waals surface area contributed by atoms with Gasteiger partial charge in [0.1, 0.15) is 0 Å². The highest BCUT2D eigenvalue weighted by Gasteiger charge is 2.17. The van der Waals surface area contributed by atoms with Gasteiger partial charge < -0.3 is 16.2 Å². The lowest BCUT2D eigenvalue weighted by molar-refractivity contribution is 0.282. The number of aliphatic hydroxyl groups is 1. The maximum Gasteiger partial charge on any atom is 0.0681 e. The van der Waals surface area contributed by atoms with Crippen molar-refractivity contribution in [3.8, 4) is 0 Å². The normalized spacial score (nSPS) is 24.8. The lowest BCUT2D eigenvalue weighted by atomic mass is 9.92. The molecular formula is C14H22N2O. The Bertz CT molecular complexity index is 329. The summed E-state index contributed by atoms with van der Waals surface area (Å²) in [5, 5.41) is 12.5. The van der Waals surface area contributed by atoms with Crippen molar-refractivity contribution in [2.45, 2.75) is 50.9 Å². The van der Waals surface area contributed by atoms with Gasteiger partial charge in [0, 0.05) is 18.6 Å². The minimum Gasteiger partial charge on any atom is -0.392 e. The van der Waals surface area contributed by atoms with Crippen molar-refractivity contribution in [2.24, 2.45) is 5.73 Å². The zero-order valence-electron chi connectivity index (χ0n) is 10.2. The van der Waals surface area contributed by atoms with Crippen LogP contribution >= 0.6 is 0 Å². The maximum absolute atomic E-state index is 8.96. The molecule has 0 amide bonds. The lowest BCUT2D eigenvalue weighted by Gasteiger charge is -2.27. The largest absolute Gasteiger partial charge is 0.392 e. The molecule has 0 bridgehead atoms. The van der Waals surface area contributed by atoms with E-state index in [1.54, 1.807) is 0 Å². The summed E-state index contributed by atoms with van der Waals surface area (Å²) in [5.41, 5.74) is 8.13. The molecule has 0 atom stereocenters. The van der Waals surface area contributed by atoms with Crippen LogP contribution in [0.4, 0.5) is 0 Å². The number of hydrogen-bond donors (Lipinski definition) is 3. The van der Waals surface area contributed by atoms with Crippen LogP contribution < -0.4 is 11.1 Å². The molecule has 0 radical (unpaired) electrons. The summed E-state index contributed by atoms with van der Waals surface area (Å²) in [6, 6.07) is 9.14. The summed E-state index contributed by atoms with van der Waals surface area (Å²) in [6.45, 7) is 1.03. The molecule has 0 saturated heterocycles. The minimum absolute atomic E-state index is 0.119. The summed E-state index contributed by atoms with van der Waals surface area (Å²) in [7, 11) is 0. The van der Waals surface area contributed by atoms with Crippen LogP contribution in [0, 0.1) is 0 Å². The third kappa shape index (κ3) is 3.80. The molecule has 2 rings (SSSR count). The van der Waals surface area contributed by atoms with Gasteiger partial charge in [-0.25, -0.2) is 0 Å². The maximum atomic E-state index is 8.96. The quantitative estimate of drug-likeness (QED) is 0.740. The Morgan fingerprint density at radius 1 is 1.06 bits per heavy atom. The van der Waals surface area contributed by atoms with Crippen molar-refractivity contribution in [2.75, 3.05) is 0 Å². The van der Waals surface area contributed by atoms with E-state index in [0.29, 0.717) is 12.1 Å². The number of aliphatic hydroxyl groups excluding tert-OH is 1. The summed E-state index contributed by atoms with van der Waals surface area (Å²) in [5.74, 6) is 0. The highest BCUT2D eigenvalue weighted by molar-refractivity contribution is 5.21. The van der Waals surface area contributed by atoms with E-state index in [2.05, 4.69) is 17.4 Å². The van der Waals surface area contributed by atoms with Crippen molar-refractivity contribution < 1.29 is 5.11 Å². The Morgan fingerprint density at radius 3 is 2.24 bits per heavy atom. The SMILES string of the molecule is NC1CCC(NCc2ccc(CO)cc2)CC1. The molecule has 0 aromatic heterocycles. The molecule has 1 fully saturated rings. The monoisotopic (exact) mass is 234 g/mol. The van der Waals surface area contributed by atoms with Gasteiger partial charge in [0.05, 0.1) is 6.61 Å². The van der Waals surface area contributed by atoms with E-state index in [1.807, 2.05) is 12.1 Å². The molecule has 3 nitrogen and oxygen atoms in total. The second-order valence-electron chi connectivity index (χ2n) is 4.97. The van der Waals surface area contributed by atoms with Gasteiger partial charge in [-0.2, -0.15) is 0 Å². The fourth-order valence-electron chi connectivity index (χ4n) is 2.35. The van der Waals surface area contributed by atoms with Crippen LogP contribution in [0.25, 0.3) is 0 Å². The van der Waals surface area contributed by atoms with Crippen LogP contribution in [0.2, 0.25) is 0 Å². The molecule has 1 aliphatic carbocycles. The number of nitrogens with one attached hydrogen (secondary N) is 1. The minimum atomic E-state index is 0.119. The molecule has 1 aliphatic rings. The molecule has 0 spiro atoms. The van der Waals surface area contributed by atoms with Crippen LogP contribution in [0.5, 0.6) is 0 Å². The van der Waals surface area contributed by atoms with Gasteiger partial charge in [-0.1, -0.05) is 24.3 Å². The fourth-order valence-corrected chi connectivity index (χ4v) is 2.35. The summed E-state index contributed by atoms with van der Waals surface area (Å²) >= 11 is 0. The first-order valence-corrected chi connectivity index (χ1v) is 6.45. The van der Waals surface area contributed by atoms with E-state index >= 15 is 0 Å². The van der Waals surface area contributed by atoms with E-state index in [0.717, 1.165) is 24.9 Å². The van der Waals surface area contributed by atoms with E-state index < -0.39 is 0 Å². The summed E-state index contributed by atoms with van der Waals surface area (Å²) in [6.07, 6.45) is 4.66. The molecule has 0 aliphatic heterocycles. The van der Waals surface area contributed by atoms with Crippen molar-refractivity contribution in [3.05, 3.63) is 35.4 Å². The third-order valence-corrected chi connectivity index (χ3v) is 3.57. The van der Waals surface area contributed by atoms with Crippen molar-refractivity contribution in [1.82, 2.24) is 5.32 Å². The zero-order valence-corrected chi connectivity index (χ0v) is 10.2. The van der Waals surface area contributed by atoms with Crippen LogP contribution in [0.15, 0.2) is 24.3 Å². The molecule has 0 heterocycles. The van der Waals surface area contributed by atoms with Gasteiger partial charge in [-0.05, 0) is 36.8 Å². The molecule has 1 aromatic carbocycles. The van der Waals surface area contributed by atoms with Gasteiger partial charge in [-0.15, -0.1) is 0 Å². The molecule has 1 aromatic rings. The second-order valence-corrected chi connectivity index (χ2v) is 4.97. The molecular weight excluding hydrogens is 212 g/mol. The van der Waals surface area contributed by atoms with E-state index in [4.69, 9.17) is 10.8 Å². The van der Waals surface area contributed by atoms with Crippen molar-refractivity contribution >= 4 is 0 Å². The number of hydrogen-bond acceptors (Lipinski definition) is 3. The zero-order chi connectivity index (χ0) is 12.1. The predicted octanol–water partition coefficient (Wildman–Crippen LogP) is 1.54. The number of rotatable bonds is 4. The highest BCUT2D eigenvalue weighted by Crippen LogP contribution is 2.17. The van der Waals surface area contributed by atoms with Gasteiger partial charge in [0.2, 0.25) is 0 Å². The van der Waals surface area contributed by atoms with Crippen molar-refractivity contribution in [3.63, 3.8) is 0 Å². The lowest BCUT2D eigenvalue weighted by Crippen LogP contribution is -2.37. The van der Waals surface area contributed by atoms with Gasteiger partial charge >= 0.3 is 0 Å². The first kappa shape index (κ1) is 12.6. The van der Waals surface area contributed by atoms with E-state index in [-0.39, 0.29) is 6.61 Å². The molecule has 3 heteroatoms. The highest BCUT2D eigenvalue weighted by atomic mass is 16.3. The fraction of sp³-hybridized carbons (Fsp3) is 0.571. The Morgan fingerprint density at radius 2 is 1.65 bits per heavy atom. The second kappa shape index (κ2) is 6.15. The smallest absolute Gasteiger partial charge is 0.0681 e. The molecule has 0 unspecified atom stereocenters. The number of nitrogens with two attached hydrogens (primary N) is 1. The Balaban J connectivity index is 1.77. The van der Waals surface area contributed by atoms with Gasteiger partial charge in [0.15, 0.2) is 0 Å². The standard InChI is InChI=1S/C14H22N2O/c15-13-5-7-14(8-6-13)16-9-11-1-3-12(10-17)4-2-11/h1-4,13-14,16-17H,5-10,15H2. The first-order chi connectivity index (χ1) is 8.28. The summed E-state index contributed by atoms with van der Waals surface area (Å²) < 4.78 is 0. The topological polar surface area (TPSA) is 58.3 Å². The van der Waals surface area contributed by atoms with Crippen LogP contribution in [-0.2, 0) is 13.2 Å². The van der Waals surface area contributed by atoms with Crippen LogP contribution in [0.1, 0.15) is 36.8 Å². The van der Waals surface area contributed by atoms with Gasteiger partial charge in [0.25, 0.3) is 0 Å². The van der Waals surface area contributed by atoms with Crippen LogP contribution in [0.3, 0.4) is 0 Å². The molecule has 17 heavy (non-hydrogen) atoms. The van der Waals surface area contributed by atoms with E-state index in [1.165, 1.54) is 18.4 Å². The first-order valence-electron chi connectivity index (χ1n) is 6.45. The molecule has 94 valence electrons. The van der Waals surface area contributed by atoms with Crippen molar-refractivity contribution in [1.29, 1.82) is 0 Å². The van der Waals surface area contributed by atoms with E-state index in [9.17, 15) is 0 Å². The van der Waals surface area contributed by atoms with Crippen LogP contribution in [-0.4, -0.2) is 17.2 Å². The Labute approximate surface area is 103 Å².